The molecule has 0 heterocycles. The van der Waals surface area contributed by atoms with Crippen molar-refractivity contribution in [1.82, 2.24) is 16.0 Å². The maximum Gasteiger partial charge on any atom is 0.330 e. The van der Waals surface area contributed by atoms with Gasteiger partial charge in [0, 0.05) is 12.8 Å². The maximum atomic E-state index is 12.9. The molecular weight excluding hydrogens is 454 g/mol. The summed E-state index contributed by atoms with van der Waals surface area (Å²) in [5.41, 5.74) is 1.68. The minimum atomic E-state index is -1.31. The molecule has 2 aromatic carbocycles. The molecule has 10 heteroatoms. The van der Waals surface area contributed by atoms with Crippen molar-refractivity contribution in [3.8, 4) is 0 Å². The fourth-order valence-corrected chi connectivity index (χ4v) is 3.29. The summed E-state index contributed by atoms with van der Waals surface area (Å²) in [6.07, 6.45) is 0.637. The average molecular weight is 486 g/mol. The number of carbonyl (C=O) groups is 4. The van der Waals surface area contributed by atoms with Crippen LogP contribution in [0.15, 0.2) is 60.7 Å². The number of amides is 3. The van der Waals surface area contributed by atoms with E-state index in [2.05, 4.69) is 20.7 Å². The molecule has 188 valence electrons. The Morgan fingerprint density at radius 1 is 0.743 bits per heavy atom. The van der Waals surface area contributed by atoms with Crippen LogP contribution in [0.25, 0.3) is 0 Å². The Morgan fingerprint density at radius 2 is 1.26 bits per heavy atom. The highest BCUT2D eigenvalue weighted by Crippen LogP contribution is 2.06. The first-order valence-corrected chi connectivity index (χ1v) is 11.2. The van der Waals surface area contributed by atoms with Crippen molar-refractivity contribution in [1.29, 1.82) is 0 Å². The van der Waals surface area contributed by atoms with E-state index in [1.807, 2.05) is 30.3 Å². The van der Waals surface area contributed by atoms with Crippen LogP contribution in [0.3, 0.4) is 0 Å². The molecule has 0 aliphatic carbocycles. The van der Waals surface area contributed by atoms with Gasteiger partial charge in [0.2, 0.25) is 17.7 Å². The summed E-state index contributed by atoms with van der Waals surface area (Å²) in [4.78, 5) is 49.8. The van der Waals surface area contributed by atoms with E-state index in [0.717, 1.165) is 18.2 Å². The maximum absolute atomic E-state index is 12.9. The smallest absolute Gasteiger partial charge is 0.330 e. The van der Waals surface area contributed by atoms with Gasteiger partial charge in [0.25, 0.3) is 0 Å². The SMILES string of the molecule is COC(=O)[C@H](CO)NC(=O)[C@H](Cc1ccccc1)NC(=O)[C@H](CO)NC(=O)CCc1ccccc1. The van der Waals surface area contributed by atoms with Crippen molar-refractivity contribution >= 4 is 23.7 Å². The summed E-state index contributed by atoms with van der Waals surface area (Å²) in [7, 11) is 1.12. The van der Waals surface area contributed by atoms with Crippen LogP contribution in [-0.4, -0.2) is 72.4 Å². The highest BCUT2D eigenvalue weighted by Gasteiger charge is 2.29. The Morgan fingerprint density at radius 3 is 1.80 bits per heavy atom. The predicted molar refractivity (Wildman–Crippen MR) is 127 cm³/mol. The van der Waals surface area contributed by atoms with E-state index < -0.39 is 55.0 Å². The number of ether oxygens (including phenoxy) is 1. The van der Waals surface area contributed by atoms with E-state index in [4.69, 9.17) is 0 Å². The molecular formula is C25H31N3O7. The van der Waals surface area contributed by atoms with Gasteiger partial charge in [-0.15, -0.1) is 0 Å². The molecule has 0 spiro atoms. The fourth-order valence-electron chi connectivity index (χ4n) is 3.29. The van der Waals surface area contributed by atoms with E-state index in [1.54, 1.807) is 30.3 Å². The molecule has 3 atom stereocenters. The Balaban J connectivity index is 2.06. The number of carbonyl (C=O) groups excluding carboxylic acids is 4. The number of hydrogen-bond acceptors (Lipinski definition) is 7. The van der Waals surface area contributed by atoms with Gasteiger partial charge in [-0.25, -0.2) is 4.79 Å². The Kier molecular flexibility index (Phi) is 11.4. The number of aryl methyl sites for hydroxylation is 1. The number of aliphatic hydroxyl groups excluding tert-OH is 2. The molecule has 0 radical (unpaired) electrons. The predicted octanol–water partition coefficient (Wildman–Crippen LogP) is -0.526. The third-order valence-electron chi connectivity index (χ3n) is 5.22. The highest BCUT2D eigenvalue weighted by atomic mass is 16.5. The number of hydrogen-bond donors (Lipinski definition) is 5. The van der Waals surface area contributed by atoms with E-state index in [0.29, 0.717) is 6.42 Å². The average Bonchev–Trinajstić information content (AvgIpc) is 2.89. The molecule has 0 aliphatic heterocycles. The quantitative estimate of drug-likeness (QED) is 0.239. The lowest BCUT2D eigenvalue weighted by atomic mass is 10.0. The fraction of sp³-hybridized carbons (Fsp3) is 0.360. The molecule has 0 unspecified atom stereocenters. The van der Waals surface area contributed by atoms with Crippen LogP contribution < -0.4 is 16.0 Å². The molecule has 10 nitrogen and oxygen atoms in total. The molecule has 0 saturated heterocycles. The second kappa shape index (κ2) is 14.5. The molecule has 3 amide bonds. The summed E-state index contributed by atoms with van der Waals surface area (Å²) >= 11 is 0. The number of esters is 1. The topological polar surface area (TPSA) is 154 Å². The van der Waals surface area contributed by atoms with Crippen molar-refractivity contribution in [2.24, 2.45) is 0 Å². The van der Waals surface area contributed by atoms with Crippen LogP contribution in [0, 0.1) is 0 Å². The van der Waals surface area contributed by atoms with Gasteiger partial charge in [-0.2, -0.15) is 0 Å². The van der Waals surface area contributed by atoms with Crippen LogP contribution >= 0.6 is 0 Å². The Hall–Kier alpha value is -3.76. The molecule has 0 aliphatic rings. The standard InChI is InChI=1S/C25H31N3O7/c1-35-25(34)21(16-30)28-23(32)19(14-18-10-6-3-7-11-18)27-24(33)20(15-29)26-22(31)13-12-17-8-4-2-5-9-17/h2-11,19-21,29-30H,12-16H2,1H3,(H,26,31)(H,27,33)(H,28,32)/t19-,20-,21-/m0/s1. The van der Waals surface area contributed by atoms with Gasteiger partial charge in [0.05, 0.1) is 20.3 Å². The number of methoxy groups -OCH3 is 1. The zero-order valence-corrected chi connectivity index (χ0v) is 19.5. The van der Waals surface area contributed by atoms with Crippen LogP contribution in [-0.2, 0) is 36.8 Å². The lowest BCUT2D eigenvalue weighted by Gasteiger charge is -2.24. The van der Waals surface area contributed by atoms with Crippen molar-refractivity contribution in [3.05, 3.63) is 71.8 Å². The number of rotatable bonds is 13. The largest absolute Gasteiger partial charge is 0.467 e. The van der Waals surface area contributed by atoms with Crippen LogP contribution in [0.5, 0.6) is 0 Å². The van der Waals surface area contributed by atoms with Crippen molar-refractivity contribution in [2.75, 3.05) is 20.3 Å². The first-order valence-electron chi connectivity index (χ1n) is 11.2. The normalized spacial score (nSPS) is 13.1. The zero-order chi connectivity index (χ0) is 25.6. The molecule has 0 bridgehead atoms. The van der Waals surface area contributed by atoms with Gasteiger partial charge >= 0.3 is 5.97 Å². The van der Waals surface area contributed by atoms with Crippen LogP contribution in [0.2, 0.25) is 0 Å². The second-order valence-electron chi connectivity index (χ2n) is 7.81. The third-order valence-corrected chi connectivity index (χ3v) is 5.22. The van der Waals surface area contributed by atoms with Gasteiger partial charge in [0.15, 0.2) is 6.04 Å². The van der Waals surface area contributed by atoms with E-state index >= 15 is 0 Å². The molecule has 35 heavy (non-hydrogen) atoms. The van der Waals surface area contributed by atoms with Crippen molar-refractivity contribution in [3.63, 3.8) is 0 Å². The van der Waals surface area contributed by atoms with Crippen LogP contribution in [0.4, 0.5) is 0 Å². The highest BCUT2D eigenvalue weighted by molar-refractivity contribution is 5.93. The Labute approximate surface area is 203 Å². The summed E-state index contributed by atoms with van der Waals surface area (Å²) in [6.45, 7) is -1.37. The van der Waals surface area contributed by atoms with Crippen LogP contribution in [0.1, 0.15) is 17.5 Å². The Bertz CT molecular complexity index is 970. The first-order chi connectivity index (χ1) is 16.9. The minimum absolute atomic E-state index is 0.0673. The summed E-state index contributed by atoms with van der Waals surface area (Å²) in [5, 5.41) is 26.4. The minimum Gasteiger partial charge on any atom is -0.467 e. The lowest BCUT2D eigenvalue weighted by Crippen LogP contribution is -2.57. The second-order valence-corrected chi connectivity index (χ2v) is 7.81. The number of benzene rings is 2. The van der Waals surface area contributed by atoms with Crippen molar-refractivity contribution in [2.45, 2.75) is 37.4 Å². The zero-order valence-electron chi connectivity index (χ0n) is 19.5. The first kappa shape index (κ1) is 27.5. The van der Waals surface area contributed by atoms with E-state index in [9.17, 15) is 29.4 Å². The number of aliphatic hydroxyl groups is 2. The monoisotopic (exact) mass is 485 g/mol. The lowest BCUT2D eigenvalue weighted by molar-refractivity contribution is -0.146. The molecule has 2 aromatic rings. The molecule has 0 aromatic heterocycles. The van der Waals surface area contributed by atoms with Gasteiger partial charge in [0.1, 0.15) is 12.1 Å². The van der Waals surface area contributed by atoms with Gasteiger partial charge in [-0.3, -0.25) is 14.4 Å². The molecule has 0 saturated carbocycles. The molecule has 0 fully saturated rings. The van der Waals surface area contributed by atoms with Gasteiger partial charge in [-0.05, 0) is 17.5 Å². The van der Waals surface area contributed by atoms with Gasteiger partial charge in [-0.1, -0.05) is 60.7 Å². The number of nitrogens with one attached hydrogen (secondary N) is 3. The molecule has 2 rings (SSSR count). The third kappa shape index (κ3) is 9.19. The molecule has 5 N–H and O–H groups in total. The van der Waals surface area contributed by atoms with Crippen molar-refractivity contribution < 1.29 is 34.1 Å². The summed E-state index contributed by atoms with van der Waals surface area (Å²) in [6, 6.07) is 14.4. The summed E-state index contributed by atoms with van der Waals surface area (Å²) < 4.78 is 4.56. The van der Waals surface area contributed by atoms with E-state index in [1.165, 1.54) is 0 Å². The summed E-state index contributed by atoms with van der Waals surface area (Å²) in [5.74, 6) is -2.78. The van der Waals surface area contributed by atoms with E-state index in [-0.39, 0.29) is 12.8 Å². The van der Waals surface area contributed by atoms with Gasteiger partial charge < -0.3 is 30.9 Å².